The summed E-state index contributed by atoms with van der Waals surface area (Å²) in [5.74, 6) is 0.167. The molecule has 0 aromatic rings. The van der Waals surface area contributed by atoms with E-state index >= 15 is 0 Å². The van der Waals surface area contributed by atoms with Crippen molar-refractivity contribution in [3.63, 3.8) is 0 Å². The van der Waals surface area contributed by atoms with E-state index in [1.807, 2.05) is 0 Å². The first-order chi connectivity index (χ1) is 3.46. The van der Waals surface area contributed by atoms with Gasteiger partial charge in [0.2, 0.25) is 0 Å². The molecule has 0 fully saturated rings. The summed E-state index contributed by atoms with van der Waals surface area (Å²) in [6.07, 6.45) is 0. The Labute approximate surface area is 148 Å². The predicted octanol–water partition coefficient (Wildman–Crippen LogP) is 3.55. The molecule has 4 heteroatoms. The van der Waals surface area contributed by atoms with Crippen molar-refractivity contribution >= 4 is 0 Å². The zero-order chi connectivity index (χ0) is 7.15. The standard InChI is InChI=1S/2C4H7.3CH3.4V/c2*1-4(2)3;;;;;;;/h2*4H,1-3H2;3*1H3;;;;/q2*-3;3*-1;;;;. The molecule has 15 heavy (non-hydrogen) atoms. The average molecular weight is 359 g/mol. The van der Waals surface area contributed by atoms with Crippen molar-refractivity contribution in [2.24, 2.45) is 11.8 Å². The van der Waals surface area contributed by atoms with Crippen LogP contribution in [0.15, 0.2) is 0 Å². The first-order valence-corrected chi connectivity index (χ1v) is 2.45. The average Bonchev–Trinajstić information content (AvgIpc) is 1.25. The number of hydrogen-bond donors (Lipinski definition) is 0. The fourth-order valence-electron chi connectivity index (χ4n) is 0. The maximum Gasteiger partial charge on any atom is 0 e. The molecule has 0 aromatic carbocycles. The first-order valence-electron chi connectivity index (χ1n) is 2.45. The topological polar surface area (TPSA) is 0 Å². The third kappa shape index (κ3) is 615. The molecular formula is C11H23V4-9. The second-order valence-electron chi connectivity index (χ2n) is 1.73. The molecule has 0 saturated heterocycles. The Kier molecular flexibility index (Phi) is 245. The van der Waals surface area contributed by atoms with Crippen molar-refractivity contribution in [2.45, 2.75) is 0 Å². The Morgan fingerprint density at radius 3 is 0.400 bits per heavy atom. The largest absolute Gasteiger partial charge is 0.447 e. The molecule has 0 N–H and O–H groups in total. The van der Waals surface area contributed by atoms with Gasteiger partial charge in [-0.3, -0.25) is 0 Å². The molecule has 0 spiro atoms. The summed E-state index contributed by atoms with van der Waals surface area (Å²) < 4.78 is 0. The van der Waals surface area contributed by atoms with Gasteiger partial charge in [0.05, 0.1) is 0 Å². The van der Waals surface area contributed by atoms with Gasteiger partial charge in [0.1, 0.15) is 0 Å². The van der Waals surface area contributed by atoms with E-state index in [1.54, 1.807) is 0 Å². The van der Waals surface area contributed by atoms with E-state index in [0.29, 0.717) is 0 Å². The zero-order valence-corrected chi connectivity index (χ0v) is 15.8. The first kappa shape index (κ1) is 66.6. The van der Waals surface area contributed by atoms with Gasteiger partial charge >= 0.3 is 0 Å². The SMILES string of the molecule is [CH2-]C([CH2-])[CH2-].[CH2-]C([CH2-])[CH2-].[CH3-].[CH3-].[CH3-].[V].[V].[V].[V]. The Hall–Kier alpha value is 2.34. The van der Waals surface area contributed by atoms with Gasteiger partial charge < -0.3 is 75.7 Å². The van der Waals surface area contributed by atoms with Crippen LogP contribution in [0.5, 0.6) is 0 Å². The van der Waals surface area contributed by atoms with Gasteiger partial charge in [0, 0.05) is 74.2 Å². The van der Waals surface area contributed by atoms with Crippen LogP contribution in [0.4, 0.5) is 0 Å². The summed E-state index contributed by atoms with van der Waals surface area (Å²) in [6.45, 7) is 20.5. The normalized spacial score (nSPS) is 4.80. The molecule has 0 atom stereocenters. The summed E-state index contributed by atoms with van der Waals surface area (Å²) >= 11 is 0. The minimum atomic E-state index is 0. The fraction of sp³-hybridized carbons (Fsp3) is 0.182. The molecule has 0 amide bonds. The molecule has 4 radical (unpaired) electrons. The Bertz CT molecular complexity index is 28.1. The quantitative estimate of drug-likeness (QED) is 0.581. The van der Waals surface area contributed by atoms with Gasteiger partial charge in [-0.1, -0.05) is 0 Å². The minimum Gasteiger partial charge on any atom is -0.447 e. The monoisotopic (exact) mass is 359 g/mol. The van der Waals surface area contributed by atoms with Crippen molar-refractivity contribution in [3.8, 4) is 0 Å². The van der Waals surface area contributed by atoms with E-state index in [0.717, 1.165) is 0 Å². The molecular weight excluding hydrogens is 336 g/mol. The molecule has 0 nitrogen and oxygen atoms in total. The molecule has 0 rings (SSSR count). The number of hydrogen-bond acceptors (Lipinski definition) is 0. The van der Waals surface area contributed by atoms with Crippen molar-refractivity contribution in [2.75, 3.05) is 0 Å². The second kappa shape index (κ2) is 55.3. The van der Waals surface area contributed by atoms with Gasteiger partial charge in [0.25, 0.3) is 0 Å². The van der Waals surface area contributed by atoms with Gasteiger partial charge in [-0.2, -0.15) is 0 Å². The van der Waals surface area contributed by atoms with Crippen molar-refractivity contribution < 1.29 is 74.2 Å². The van der Waals surface area contributed by atoms with Crippen LogP contribution in [0, 0.1) is 75.7 Å². The van der Waals surface area contributed by atoms with E-state index in [4.69, 9.17) is 0 Å². The molecule has 0 unspecified atom stereocenters. The van der Waals surface area contributed by atoms with E-state index in [1.165, 1.54) is 0 Å². The van der Waals surface area contributed by atoms with Gasteiger partial charge in [-0.05, 0) is 0 Å². The van der Waals surface area contributed by atoms with Crippen LogP contribution in [-0.2, 0) is 74.2 Å². The van der Waals surface area contributed by atoms with Crippen LogP contribution in [0.1, 0.15) is 0 Å². The van der Waals surface area contributed by atoms with Crippen molar-refractivity contribution in [1.82, 2.24) is 0 Å². The maximum absolute atomic E-state index is 3.42. The molecule has 0 aromatic heterocycles. The second-order valence-corrected chi connectivity index (χ2v) is 1.73. The molecule has 0 heterocycles. The van der Waals surface area contributed by atoms with Crippen LogP contribution in [0.2, 0.25) is 0 Å². The van der Waals surface area contributed by atoms with Gasteiger partial charge in [-0.25, -0.2) is 0 Å². The molecule has 0 aliphatic carbocycles. The predicted molar refractivity (Wildman–Crippen MR) is 58.4 cm³/mol. The fourth-order valence-corrected chi connectivity index (χ4v) is 0. The summed E-state index contributed by atoms with van der Waals surface area (Å²) in [5, 5.41) is 0. The van der Waals surface area contributed by atoms with Gasteiger partial charge in [-0.15, -0.1) is 0 Å². The van der Waals surface area contributed by atoms with Crippen LogP contribution >= 0.6 is 0 Å². The van der Waals surface area contributed by atoms with Crippen LogP contribution in [-0.4, -0.2) is 0 Å². The van der Waals surface area contributed by atoms with E-state index < -0.39 is 0 Å². The van der Waals surface area contributed by atoms with Crippen LogP contribution in [0.3, 0.4) is 0 Å². The summed E-state index contributed by atoms with van der Waals surface area (Å²) in [7, 11) is 0. The minimum absolute atomic E-state index is 0. The third-order valence-corrected chi connectivity index (χ3v) is 0. The van der Waals surface area contributed by atoms with Crippen molar-refractivity contribution in [1.29, 1.82) is 0 Å². The molecule has 0 saturated carbocycles. The van der Waals surface area contributed by atoms with Gasteiger partial charge in [0.15, 0.2) is 0 Å². The zero-order valence-electron chi connectivity index (χ0n) is 10.2. The molecule has 0 aliphatic heterocycles. The summed E-state index contributed by atoms with van der Waals surface area (Å²) in [6, 6.07) is 0. The van der Waals surface area contributed by atoms with Crippen LogP contribution in [0.25, 0.3) is 0 Å². The maximum atomic E-state index is 3.42. The van der Waals surface area contributed by atoms with E-state index in [2.05, 4.69) is 41.5 Å². The van der Waals surface area contributed by atoms with Crippen LogP contribution < -0.4 is 0 Å². The number of rotatable bonds is 0. The molecule has 0 aliphatic rings. The summed E-state index contributed by atoms with van der Waals surface area (Å²) in [5.41, 5.74) is 0. The Balaban J connectivity index is -0.00000000468. The molecule has 0 bridgehead atoms. The Morgan fingerprint density at radius 1 is 0.400 bits per heavy atom. The van der Waals surface area contributed by atoms with Crippen molar-refractivity contribution in [3.05, 3.63) is 63.8 Å². The van der Waals surface area contributed by atoms with E-state index in [-0.39, 0.29) is 108 Å². The van der Waals surface area contributed by atoms with E-state index in [9.17, 15) is 0 Å². The Morgan fingerprint density at radius 2 is 0.400 bits per heavy atom. The summed E-state index contributed by atoms with van der Waals surface area (Å²) in [4.78, 5) is 0. The molecule has 96 valence electrons. The smallest absolute Gasteiger partial charge is 0 e. The third-order valence-electron chi connectivity index (χ3n) is 0.